The van der Waals surface area contributed by atoms with Gasteiger partial charge in [-0.2, -0.15) is 0 Å². The second-order valence-corrected chi connectivity index (χ2v) is 22.8. The second kappa shape index (κ2) is 64.3. The molecule has 0 spiro atoms. The average molecular weight is 1050 g/mol. The van der Waals surface area contributed by atoms with Gasteiger partial charge in [0.2, 0.25) is 5.91 Å². The van der Waals surface area contributed by atoms with Gasteiger partial charge in [0, 0.05) is 12.8 Å². The molecular weight excluding hydrogens is 923 g/mol. The first-order valence-electron chi connectivity index (χ1n) is 33.4. The molecule has 0 aliphatic rings. The molecule has 2 unspecified atom stereocenters. The molecule has 0 fully saturated rings. The smallest absolute Gasteiger partial charge is 0.305 e. The van der Waals surface area contributed by atoms with Gasteiger partial charge < -0.3 is 20.3 Å². The number of hydrogen-bond donors (Lipinski definition) is 3. The number of ether oxygens (including phenoxy) is 1. The number of carbonyl (C=O) groups excluding carboxylic acids is 2. The molecule has 2 atom stereocenters. The molecule has 0 saturated carbocycles. The number of aliphatic hydroxyl groups is 2. The van der Waals surface area contributed by atoms with Gasteiger partial charge in [-0.3, -0.25) is 9.59 Å². The van der Waals surface area contributed by atoms with Crippen LogP contribution in [-0.2, 0) is 14.3 Å². The monoisotopic (exact) mass is 1050 g/mol. The van der Waals surface area contributed by atoms with Gasteiger partial charge in [-0.1, -0.05) is 306 Å². The van der Waals surface area contributed by atoms with Gasteiger partial charge in [-0.05, 0) is 83.5 Å². The van der Waals surface area contributed by atoms with Crippen LogP contribution < -0.4 is 5.32 Å². The zero-order chi connectivity index (χ0) is 54.3. The van der Waals surface area contributed by atoms with Crippen LogP contribution in [0.2, 0.25) is 0 Å². The van der Waals surface area contributed by atoms with E-state index in [1.54, 1.807) is 0 Å². The highest BCUT2D eigenvalue weighted by Gasteiger charge is 2.20. The number of nitrogens with one attached hydrogen (secondary N) is 1. The van der Waals surface area contributed by atoms with Gasteiger partial charge in [0.15, 0.2) is 0 Å². The minimum Gasteiger partial charge on any atom is -0.466 e. The lowest BCUT2D eigenvalue weighted by molar-refractivity contribution is -0.143. The van der Waals surface area contributed by atoms with E-state index >= 15 is 0 Å². The summed E-state index contributed by atoms with van der Waals surface area (Å²) in [6, 6.07) is -0.541. The molecule has 6 heteroatoms. The van der Waals surface area contributed by atoms with E-state index in [1.807, 2.05) is 0 Å². The molecule has 0 aromatic carbocycles. The van der Waals surface area contributed by atoms with Crippen molar-refractivity contribution in [1.29, 1.82) is 0 Å². The third-order valence-corrected chi connectivity index (χ3v) is 15.3. The number of unbranched alkanes of at least 4 members (excludes halogenated alkanes) is 43. The van der Waals surface area contributed by atoms with E-state index in [-0.39, 0.29) is 18.5 Å². The maximum Gasteiger partial charge on any atom is 0.305 e. The lowest BCUT2D eigenvalue weighted by Crippen LogP contribution is -2.45. The molecule has 0 bridgehead atoms. The Hall–Kier alpha value is -2.18. The summed E-state index contributed by atoms with van der Waals surface area (Å²) in [5.74, 6) is -0.0354. The maximum absolute atomic E-state index is 12.5. The molecule has 6 nitrogen and oxygen atoms in total. The van der Waals surface area contributed by atoms with Gasteiger partial charge in [0.1, 0.15) is 0 Å². The Labute approximate surface area is 467 Å². The van der Waals surface area contributed by atoms with Gasteiger partial charge in [0.05, 0.1) is 25.4 Å². The molecule has 0 aromatic heterocycles. The summed E-state index contributed by atoms with van der Waals surface area (Å²) in [7, 11) is 0. The van der Waals surface area contributed by atoms with Gasteiger partial charge in [0.25, 0.3) is 0 Å². The molecular formula is C69H129NO5. The standard InChI is InChI=1S/C69H129NO5/c1-3-5-7-9-11-13-15-17-38-41-45-49-53-57-61-67(72)66(65-71)70-68(73)62-58-54-50-46-42-39-35-33-31-29-27-25-23-21-19-18-20-22-24-26-28-30-32-34-36-40-44-48-52-56-60-64-75-69(74)63-59-55-51-47-43-37-16-14-12-10-8-6-4-2/h8,10,14,16,20,22,26,28,66-67,71-72H,3-7,9,11-13,15,17-19,21,23-25,27,29-65H2,1-2H3,(H,70,73)/b10-8-,16-14-,22-20-,28-26-. The van der Waals surface area contributed by atoms with Crippen molar-refractivity contribution in [2.75, 3.05) is 13.2 Å². The van der Waals surface area contributed by atoms with Crippen molar-refractivity contribution in [2.24, 2.45) is 0 Å². The third-order valence-electron chi connectivity index (χ3n) is 15.3. The van der Waals surface area contributed by atoms with E-state index in [4.69, 9.17) is 4.74 Å². The Morgan fingerprint density at radius 2 is 0.693 bits per heavy atom. The molecule has 0 aliphatic heterocycles. The third kappa shape index (κ3) is 60.9. The van der Waals surface area contributed by atoms with Gasteiger partial charge in [-0.25, -0.2) is 0 Å². The predicted octanol–water partition coefficient (Wildman–Crippen LogP) is 21.3. The van der Waals surface area contributed by atoms with Crippen molar-refractivity contribution in [3.05, 3.63) is 48.6 Å². The normalized spacial score (nSPS) is 12.9. The minimum absolute atomic E-state index is 0.00240. The number of allylic oxidation sites excluding steroid dienone is 8. The summed E-state index contributed by atoms with van der Waals surface area (Å²) in [6.45, 7) is 4.89. The summed E-state index contributed by atoms with van der Waals surface area (Å²) >= 11 is 0. The Morgan fingerprint density at radius 1 is 0.373 bits per heavy atom. The van der Waals surface area contributed by atoms with Crippen molar-refractivity contribution in [2.45, 2.75) is 366 Å². The number of carbonyl (C=O) groups is 2. The fourth-order valence-electron chi connectivity index (χ4n) is 10.2. The zero-order valence-corrected chi connectivity index (χ0v) is 50.3. The zero-order valence-electron chi connectivity index (χ0n) is 50.3. The fraction of sp³-hybridized carbons (Fsp3) is 0.855. The van der Waals surface area contributed by atoms with Crippen LogP contribution in [-0.4, -0.2) is 47.4 Å². The van der Waals surface area contributed by atoms with Crippen LogP contribution in [0, 0.1) is 0 Å². The average Bonchev–Trinajstić information content (AvgIpc) is 3.41. The van der Waals surface area contributed by atoms with E-state index in [1.165, 1.54) is 263 Å². The van der Waals surface area contributed by atoms with Crippen LogP contribution in [0.1, 0.15) is 354 Å². The van der Waals surface area contributed by atoms with E-state index in [0.29, 0.717) is 25.9 Å². The number of amides is 1. The Kier molecular flexibility index (Phi) is 62.5. The summed E-state index contributed by atoms with van der Waals surface area (Å²) in [5.41, 5.74) is 0. The van der Waals surface area contributed by atoms with Crippen LogP contribution in [0.5, 0.6) is 0 Å². The Morgan fingerprint density at radius 3 is 1.07 bits per heavy atom. The van der Waals surface area contributed by atoms with E-state index in [9.17, 15) is 19.8 Å². The van der Waals surface area contributed by atoms with Crippen molar-refractivity contribution >= 4 is 11.9 Å². The molecule has 1 amide bonds. The number of esters is 1. The fourth-order valence-corrected chi connectivity index (χ4v) is 10.2. The van der Waals surface area contributed by atoms with Gasteiger partial charge in [-0.15, -0.1) is 0 Å². The highest BCUT2D eigenvalue weighted by molar-refractivity contribution is 5.76. The topological polar surface area (TPSA) is 95.9 Å². The van der Waals surface area contributed by atoms with Crippen LogP contribution in [0.15, 0.2) is 48.6 Å². The first-order chi connectivity index (χ1) is 37.0. The molecule has 440 valence electrons. The molecule has 0 heterocycles. The molecule has 0 aromatic rings. The van der Waals surface area contributed by atoms with Crippen LogP contribution in [0.3, 0.4) is 0 Å². The van der Waals surface area contributed by atoms with E-state index in [2.05, 4.69) is 67.8 Å². The second-order valence-electron chi connectivity index (χ2n) is 22.8. The molecule has 3 N–H and O–H groups in total. The van der Waals surface area contributed by atoms with E-state index in [0.717, 1.165) is 57.8 Å². The molecule has 75 heavy (non-hydrogen) atoms. The van der Waals surface area contributed by atoms with E-state index < -0.39 is 12.1 Å². The van der Waals surface area contributed by atoms with Crippen molar-refractivity contribution in [3.8, 4) is 0 Å². The van der Waals surface area contributed by atoms with Gasteiger partial charge >= 0.3 is 5.97 Å². The van der Waals surface area contributed by atoms with Crippen LogP contribution >= 0.6 is 0 Å². The summed E-state index contributed by atoms with van der Waals surface area (Å²) in [6.07, 6.45) is 82.9. The summed E-state index contributed by atoms with van der Waals surface area (Å²) in [5, 5.41) is 23.3. The van der Waals surface area contributed by atoms with Crippen molar-refractivity contribution < 1.29 is 24.5 Å². The largest absolute Gasteiger partial charge is 0.466 e. The van der Waals surface area contributed by atoms with Crippen molar-refractivity contribution in [1.82, 2.24) is 5.32 Å². The quantitative estimate of drug-likeness (QED) is 0.0320. The van der Waals surface area contributed by atoms with Crippen LogP contribution in [0.4, 0.5) is 0 Å². The Bertz CT molecular complexity index is 1260. The number of aliphatic hydroxyl groups excluding tert-OH is 2. The lowest BCUT2D eigenvalue weighted by Gasteiger charge is -2.22. The Balaban J connectivity index is 3.39. The highest BCUT2D eigenvalue weighted by Crippen LogP contribution is 2.18. The SMILES string of the molecule is CCC/C=C\C/C=C\CCCCCCCC(=O)OCCCCCCCCCCC/C=C\C/C=C\CCCCCCCCCCCCCCCCCC(=O)NC(CO)C(O)CCCCCCCCCCCCCCCC. The molecule has 0 radical (unpaired) electrons. The van der Waals surface area contributed by atoms with Crippen LogP contribution in [0.25, 0.3) is 0 Å². The minimum atomic E-state index is -0.664. The van der Waals surface area contributed by atoms with Crippen molar-refractivity contribution in [3.63, 3.8) is 0 Å². The first kappa shape index (κ1) is 72.8. The predicted molar refractivity (Wildman–Crippen MR) is 329 cm³/mol. The summed E-state index contributed by atoms with van der Waals surface area (Å²) < 4.78 is 5.47. The lowest BCUT2D eigenvalue weighted by atomic mass is 10.0. The molecule has 0 aliphatic carbocycles. The number of hydrogen-bond acceptors (Lipinski definition) is 5. The maximum atomic E-state index is 12.5. The number of rotatable bonds is 62. The summed E-state index contributed by atoms with van der Waals surface area (Å²) in [4.78, 5) is 24.5. The molecule has 0 rings (SSSR count). The molecule has 0 saturated heterocycles. The first-order valence-corrected chi connectivity index (χ1v) is 33.4. The highest BCUT2D eigenvalue weighted by atomic mass is 16.5.